The van der Waals surface area contributed by atoms with Crippen LogP contribution < -0.4 is 0 Å². The first kappa shape index (κ1) is 19.1. The van der Waals surface area contributed by atoms with Crippen LogP contribution in [0.2, 0.25) is 5.28 Å². The average molecular weight is 421 g/mol. The van der Waals surface area contributed by atoms with Gasteiger partial charge in [-0.05, 0) is 23.7 Å². The lowest BCUT2D eigenvalue weighted by Gasteiger charge is -2.10. The number of hydrogen-bond acceptors (Lipinski definition) is 4. The Morgan fingerprint density at radius 3 is 1.32 bits per heavy atom. The van der Waals surface area contributed by atoms with E-state index in [9.17, 15) is 0 Å². The van der Waals surface area contributed by atoms with Gasteiger partial charge in [0, 0.05) is 22.3 Å². The summed E-state index contributed by atoms with van der Waals surface area (Å²) in [6, 6.07) is 33.8. The van der Waals surface area contributed by atoms with Crippen molar-refractivity contribution in [2.45, 2.75) is 0 Å². The highest BCUT2D eigenvalue weighted by atomic mass is 35.5. The molecule has 0 atom stereocenters. The van der Waals surface area contributed by atoms with Gasteiger partial charge < -0.3 is 0 Å². The molecule has 0 unspecified atom stereocenters. The minimum atomic E-state index is 0.156. The van der Waals surface area contributed by atoms with Crippen molar-refractivity contribution < 1.29 is 0 Å². The number of pyridine rings is 1. The van der Waals surface area contributed by atoms with E-state index in [2.05, 4.69) is 9.97 Å². The summed E-state index contributed by atoms with van der Waals surface area (Å²) in [7, 11) is 0. The zero-order valence-corrected chi connectivity index (χ0v) is 17.2. The van der Waals surface area contributed by atoms with Crippen molar-refractivity contribution in [1.29, 1.82) is 0 Å². The van der Waals surface area contributed by atoms with Crippen LogP contribution in [0.4, 0.5) is 0 Å². The Bertz CT molecular complexity index is 1270. The van der Waals surface area contributed by atoms with E-state index in [0.29, 0.717) is 11.6 Å². The summed E-state index contributed by atoms with van der Waals surface area (Å²) >= 11 is 6.29. The Balaban J connectivity index is 1.70. The lowest BCUT2D eigenvalue weighted by atomic mass is 10.0. The molecule has 31 heavy (non-hydrogen) atoms. The van der Waals surface area contributed by atoms with Crippen LogP contribution in [-0.2, 0) is 0 Å². The van der Waals surface area contributed by atoms with Gasteiger partial charge in [-0.2, -0.15) is 9.97 Å². The largest absolute Gasteiger partial charge is 0.248 e. The normalized spacial score (nSPS) is 10.7. The molecule has 0 radical (unpaired) electrons. The third-order valence-corrected chi connectivity index (χ3v) is 5.03. The summed E-state index contributed by atoms with van der Waals surface area (Å²) in [6.07, 6.45) is 0. The Morgan fingerprint density at radius 1 is 0.419 bits per heavy atom. The van der Waals surface area contributed by atoms with Crippen molar-refractivity contribution >= 4 is 11.6 Å². The first-order chi connectivity index (χ1) is 15.3. The monoisotopic (exact) mass is 420 g/mol. The Morgan fingerprint density at radius 2 is 0.839 bits per heavy atom. The molecular weight excluding hydrogens is 404 g/mol. The Labute approximate surface area is 185 Å². The molecule has 0 fully saturated rings. The standard InChI is InChI=1S/C26H17ClN4/c27-26-30-24(20-14-8-3-9-15-20)29-25(31-26)21-16-22(18-10-4-1-5-11-18)28-23(17-21)19-12-6-2-7-13-19/h1-17H. The van der Waals surface area contributed by atoms with Crippen molar-refractivity contribution in [3.63, 3.8) is 0 Å². The van der Waals surface area contributed by atoms with Crippen molar-refractivity contribution in [2.24, 2.45) is 0 Å². The quantitative estimate of drug-likeness (QED) is 0.329. The second kappa shape index (κ2) is 8.46. The van der Waals surface area contributed by atoms with Crippen LogP contribution in [0, 0.1) is 0 Å². The fourth-order valence-electron chi connectivity index (χ4n) is 3.37. The van der Waals surface area contributed by atoms with Crippen LogP contribution in [0.15, 0.2) is 103 Å². The van der Waals surface area contributed by atoms with Gasteiger partial charge in [-0.15, -0.1) is 0 Å². The van der Waals surface area contributed by atoms with E-state index in [1.807, 2.05) is 103 Å². The zero-order valence-electron chi connectivity index (χ0n) is 16.5. The van der Waals surface area contributed by atoms with E-state index in [1.54, 1.807) is 0 Å². The highest BCUT2D eigenvalue weighted by Crippen LogP contribution is 2.30. The second-order valence-electron chi connectivity index (χ2n) is 6.98. The van der Waals surface area contributed by atoms with Gasteiger partial charge in [-0.1, -0.05) is 91.0 Å². The molecule has 0 saturated carbocycles. The van der Waals surface area contributed by atoms with Gasteiger partial charge in [0.1, 0.15) is 0 Å². The summed E-state index contributed by atoms with van der Waals surface area (Å²) in [4.78, 5) is 18.3. The lowest BCUT2D eigenvalue weighted by Crippen LogP contribution is -1.99. The molecule has 0 N–H and O–H groups in total. The smallest absolute Gasteiger partial charge is 0.226 e. The highest BCUT2D eigenvalue weighted by Gasteiger charge is 2.13. The van der Waals surface area contributed by atoms with E-state index in [4.69, 9.17) is 21.6 Å². The third-order valence-electron chi connectivity index (χ3n) is 4.86. The van der Waals surface area contributed by atoms with Crippen LogP contribution in [0.1, 0.15) is 0 Å². The number of rotatable bonds is 4. The third kappa shape index (κ3) is 4.20. The number of aromatic nitrogens is 4. The molecule has 5 aromatic rings. The van der Waals surface area contributed by atoms with Gasteiger partial charge in [0.15, 0.2) is 11.6 Å². The SMILES string of the molecule is Clc1nc(-c2ccccc2)nc(-c2cc(-c3ccccc3)nc(-c3ccccc3)c2)n1. The fourth-order valence-corrected chi connectivity index (χ4v) is 3.53. The summed E-state index contributed by atoms with van der Waals surface area (Å²) in [5.74, 6) is 1.05. The van der Waals surface area contributed by atoms with Gasteiger partial charge >= 0.3 is 0 Å². The van der Waals surface area contributed by atoms with E-state index in [-0.39, 0.29) is 5.28 Å². The van der Waals surface area contributed by atoms with Gasteiger partial charge in [0.25, 0.3) is 0 Å². The van der Waals surface area contributed by atoms with E-state index in [0.717, 1.165) is 33.6 Å². The first-order valence-corrected chi connectivity index (χ1v) is 10.2. The lowest BCUT2D eigenvalue weighted by molar-refractivity contribution is 1.06. The predicted octanol–water partition coefficient (Wildman–Crippen LogP) is 6.59. The maximum Gasteiger partial charge on any atom is 0.226 e. The maximum atomic E-state index is 6.29. The van der Waals surface area contributed by atoms with Crippen LogP contribution in [0.5, 0.6) is 0 Å². The van der Waals surface area contributed by atoms with Crippen molar-refractivity contribution in [3.8, 4) is 45.3 Å². The van der Waals surface area contributed by atoms with E-state index < -0.39 is 0 Å². The van der Waals surface area contributed by atoms with Crippen molar-refractivity contribution in [2.75, 3.05) is 0 Å². The molecule has 0 aliphatic rings. The molecule has 5 rings (SSSR count). The van der Waals surface area contributed by atoms with Gasteiger partial charge in [-0.3, -0.25) is 0 Å². The minimum Gasteiger partial charge on any atom is -0.248 e. The van der Waals surface area contributed by atoms with Crippen molar-refractivity contribution in [3.05, 3.63) is 108 Å². The Kier molecular flexibility index (Phi) is 5.21. The molecule has 0 aliphatic carbocycles. The predicted molar refractivity (Wildman–Crippen MR) is 124 cm³/mol. The van der Waals surface area contributed by atoms with Gasteiger partial charge in [0.05, 0.1) is 11.4 Å². The Hall–Kier alpha value is -3.89. The first-order valence-electron chi connectivity index (χ1n) is 9.86. The zero-order chi connectivity index (χ0) is 21.0. The molecule has 0 saturated heterocycles. The molecule has 4 nitrogen and oxygen atoms in total. The van der Waals surface area contributed by atoms with Crippen LogP contribution >= 0.6 is 11.6 Å². The number of halogens is 1. The minimum absolute atomic E-state index is 0.156. The summed E-state index contributed by atoms with van der Waals surface area (Å²) in [5.41, 5.74) is 5.43. The number of hydrogen-bond donors (Lipinski definition) is 0. The number of benzene rings is 3. The molecule has 148 valence electrons. The van der Waals surface area contributed by atoms with E-state index in [1.165, 1.54) is 0 Å². The number of nitrogens with zero attached hydrogens (tertiary/aromatic N) is 4. The molecule has 2 aromatic heterocycles. The molecule has 0 spiro atoms. The molecule has 3 aromatic carbocycles. The average Bonchev–Trinajstić information content (AvgIpc) is 2.85. The topological polar surface area (TPSA) is 51.6 Å². The highest BCUT2D eigenvalue weighted by molar-refractivity contribution is 6.28. The molecule has 0 amide bonds. The molecular formula is C26H17ClN4. The van der Waals surface area contributed by atoms with Crippen LogP contribution in [-0.4, -0.2) is 19.9 Å². The van der Waals surface area contributed by atoms with Gasteiger partial charge in [-0.25, -0.2) is 9.97 Å². The second-order valence-corrected chi connectivity index (χ2v) is 7.31. The molecule has 0 bridgehead atoms. The summed E-state index contributed by atoms with van der Waals surface area (Å²) < 4.78 is 0. The van der Waals surface area contributed by atoms with Crippen LogP contribution in [0.3, 0.4) is 0 Å². The molecule has 5 heteroatoms. The van der Waals surface area contributed by atoms with Crippen molar-refractivity contribution in [1.82, 2.24) is 19.9 Å². The maximum absolute atomic E-state index is 6.29. The summed E-state index contributed by atoms with van der Waals surface area (Å²) in [5, 5.41) is 0.156. The van der Waals surface area contributed by atoms with Gasteiger partial charge in [0.2, 0.25) is 5.28 Å². The molecule has 0 aliphatic heterocycles. The summed E-state index contributed by atoms with van der Waals surface area (Å²) in [6.45, 7) is 0. The fraction of sp³-hybridized carbons (Fsp3) is 0. The van der Waals surface area contributed by atoms with Crippen LogP contribution in [0.25, 0.3) is 45.3 Å². The van der Waals surface area contributed by atoms with E-state index >= 15 is 0 Å². The molecule has 2 heterocycles.